The van der Waals surface area contributed by atoms with Gasteiger partial charge >= 0.3 is 17.3 Å². The van der Waals surface area contributed by atoms with E-state index in [9.17, 15) is 20.2 Å². The molecule has 3 rings (SSSR count). The van der Waals surface area contributed by atoms with E-state index in [1.165, 1.54) is 38.3 Å². The lowest BCUT2D eigenvalue weighted by Crippen LogP contribution is -2.48. The van der Waals surface area contributed by atoms with Crippen molar-refractivity contribution in [1.29, 1.82) is 0 Å². The summed E-state index contributed by atoms with van der Waals surface area (Å²) in [5.41, 5.74) is 1.06. The van der Waals surface area contributed by atoms with Crippen LogP contribution in [-0.2, 0) is 14.4 Å². The molecule has 0 aliphatic heterocycles. The number of anilines is 1. The fourth-order valence-electron chi connectivity index (χ4n) is 3.22. The summed E-state index contributed by atoms with van der Waals surface area (Å²) in [6.45, 7) is 5.06. The van der Waals surface area contributed by atoms with E-state index < -0.39 is 15.8 Å². The third-order valence-corrected chi connectivity index (χ3v) is 4.93. The zero-order valence-electron chi connectivity index (χ0n) is 20.8. The Hall–Kier alpha value is -4.26. The fraction of sp³-hybridized carbons (Fsp3) is 0.280. The maximum atomic E-state index is 11.7. The van der Waals surface area contributed by atoms with Crippen LogP contribution in [0.5, 0.6) is 11.5 Å². The van der Waals surface area contributed by atoms with Crippen molar-refractivity contribution in [2.45, 2.75) is 26.7 Å². The van der Waals surface area contributed by atoms with Crippen LogP contribution in [0.2, 0.25) is 0 Å². The van der Waals surface area contributed by atoms with Crippen molar-refractivity contribution in [3.8, 4) is 11.5 Å². The third-order valence-electron chi connectivity index (χ3n) is 4.93. The van der Waals surface area contributed by atoms with Crippen LogP contribution < -0.4 is 14.7 Å². The summed E-state index contributed by atoms with van der Waals surface area (Å²) in [5, 5.41) is 24.4. The maximum absolute atomic E-state index is 11.7. The van der Waals surface area contributed by atoms with E-state index in [1.54, 1.807) is 56.3 Å². The Morgan fingerprint density at radius 3 is 1.78 bits per heavy atom. The second-order valence-electron chi connectivity index (χ2n) is 8.03. The summed E-state index contributed by atoms with van der Waals surface area (Å²) in [6.07, 6.45) is 0. The van der Waals surface area contributed by atoms with Gasteiger partial charge in [0.1, 0.15) is 6.61 Å². The molecule has 12 heteroatoms. The van der Waals surface area contributed by atoms with E-state index in [1.807, 2.05) is 0 Å². The molecule has 12 nitrogen and oxygen atoms in total. The van der Waals surface area contributed by atoms with Crippen molar-refractivity contribution < 1.29 is 33.7 Å². The van der Waals surface area contributed by atoms with E-state index >= 15 is 0 Å². The first-order valence-corrected chi connectivity index (χ1v) is 11.2. The molecular weight excluding hydrogens is 486 g/mol. The van der Waals surface area contributed by atoms with Crippen LogP contribution in [0.4, 0.5) is 17.1 Å². The lowest BCUT2D eigenvalue weighted by Gasteiger charge is -2.34. The smallest absolute Gasteiger partial charge is 0.392 e. The number of hydrogen-bond donors (Lipinski definition) is 0. The Labute approximate surface area is 213 Å². The van der Waals surface area contributed by atoms with E-state index in [0.717, 1.165) is 5.23 Å². The van der Waals surface area contributed by atoms with Gasteiger partial charge in [0.2, 0.25) is 11.5 Å². The molecule has 0 atom stereocenters. The zero-order valence-corrected chi connectivity index (χ0v) is 20.8. The molecule has 0 saturated carbocycles. The molecule has 0 amide bonds. The number of ether oxygens (including phenoxy) is 3. The second kappa shape index (κ2) is 12.1. The topological polar surface area (TPSA) is 136 Å². The number of rotatable bonds is 13. The van der Waals surface area contributed by atoms with Crippen LogP contribution in [0.3, 0.4) is 0 Å². The van der Waals surface area contributed by atoms with Crippen molar-refractivity contribution in [3.05, 3.63) is 98.1 Å². The van der Waals surface area contributed by atoms with Gasteiger partial charge in [-0.05, 0) is 49.2 Å². The molecule has 0 N–H and O–H groups in total. The van der Waals surface area contributed by atoms with Gasteiger partial charge in [-0.2, -0.15) is 4.84 Å². The molecule has 0 aliphatic rings. The molecular formula is C25H27N3O9. The Morgan fingerprint density at radius 1 is 0.811 bits per heavy atom. The summed E-state index contributed by atoms with van der Waals surface area (Å²) in [4.78, 5) is 33.8. The fourth-order valence-corrected chi connectivity index (χ4v) is 3.22. The van der Waals surface area contributed by atoms with Crippen molar-refractivity contribution in [1.82, 2.24) is 0 Å². The normalized spacial score (nSPS) is 11.1. The SMILES string of the molecule is COCCON(OC(C)(Oc1cc(C)ccc1[N+](=O)[O-])Oc1cc(C)ccc1[N+](=O)[O-])c1ccccc1. The third kappa shape index (κ3) is 7.36. The van der Waals surface area contributed by atoms with Crippen LogP contribution in [0.15, 0.2) is 66.7 Å². The molecule has 0 fully saturated rings. The molecule has 0 bridgehead atoms. The number of aryl methyl sites for hydroxylation is 2. The Kier molecular flexibility index (Phi) is 8.95. The molecule has 196 valence electrons. The number of hydrogen-bond acceptors (Lipinski definition) is 10. The monoisotopic (exact) mass is 513 g/mol. The standard InChI is InChI=1S/C25H27N3O9/c1-18-10-12-21(26(29)30)23(16-18)35-25(3,36-24-17-19(2)11-13-22(24)27(31)32)37-28(34-15-14-33-4)20-8-6-5-7-9-20/h5-13,16-17H,14-15H2,1-4H3. The Balaban J connectivity index is 2.09. The maximum Gasteiger partial charge on any atom is 0.392 e. The van der Waals surface area contributed by atoms with Crippen LogP contribution in [-0.4, -0.2) is 36.1 Å². The van der Waals surface area contributed by atoms with Gasteiger partial charge in [-0.3, -0.25) is 20.2 Å². The first-order chi connectivity index (χ1) is 17.6. The lowest BCUT2D eigenvalue weighted by molar-refractivity contribution is -0.394. The highest BCUT2D eigenvalue weighted by atomic mass is 17.0. The van der Waals surface area contributed by atoms with Crippen molar-refractivity contribution in [2.24, 2.45) is 0 Å². The van der Waals surface area contributed by atoms with Gasteiger partial charge in [0.05, 0.1) is 22.1 Å². The molecule has 0 spiro atoms. The Morgan fingerprint density at radius 2 is 1.32 bits per heavy atom. The summed E-state index contributed by atoms with van der Waals surface area (Å²) in [7, 11) is 1.50. The van der Waals surface area contributed by atoms with Crippen LogP contribution in [0.25, 0.3) is 0 Å². The minimum atomic E-state index is -2.18. The first-order valence-electron chi connectivity index (χ1n) is 11.2. The van der Waals surface area contributed by atoms with Gasteiger partial charge in [-0.15, -0.1) is 5.23 Å². The van der Waals surface area contributed by atoms with Crippen LogP contribution in [0.1, 0.15) is 18.1 Å². The van der Waals surface area contributed by atoms with Crippen molar-refractivity contribution in [2.75, 3.05) is 25.6 Å². The van der Waals surface area contributed by atoms with E-state index in [-0.39, 0.29) is 36.1 Å². The van der Waals surface area contributed by atoms with E-state index in [0.29, 0.717) is 16.8 Å². The number of nitrogens with zero attached hydrogens (tertiary/aromatic N) is 3. The van der Waals surface area contributed by atoms with Crippen molar-refractivity contribution >= 4 is 17.1 Å². The highest BCUT2D eigenvalue weighted by Crippen LogP contribution is 2.36. The number of benzene rings is 3. The average molecular weight is 514 g/mol. The molecule has 0 aliphatic carbocycles. The van der Waals surface area contributed by atoms with E-state index in [2.05, 4.69) is 0 Å². The van der Waals surface area contributed by atoms with Gasteiger partial charge < -0.3 is 14.2 Å². The molecule has 0 saturated heterocycles. The van der Waals surface area contributed by atoms with Crippen LogP contribution >= 0.6 is 0 Å². The highest BCUT2D eigenvalue weighted by Gasteiger charge is 2.39. The van der Waals surface area contributed by atoms with Gasteiger partial charge in [0.25, 0.3) is 0 Å². The number of nitro benzene ring substituents is 2. The van der Waals surface area contributed by atoms with E-state index in [4.69, 9.17) is 23.9 Å². The molecule has 0 heterocycles. The first kappa shape index (κ1) is 27.3. The van der Waals surface area contributed by atoms with Gasteiger partial charge in [0.15, 0.2) is 0 Å². The number of nitro groups is 2. The lowest BCUT2D eigenvalue weighted by atomic mass is 10.2. The molecule has 3 aromatic carbocycles. The largest absolute Gasteiger partial charge is 0.421 e. The van der Waals surface area contributed by atoms with Crippen LogP contribution in [0, 0.1) is 34.1 Å². The van der Waals surface area contributed by atoms with Gasteiger partial charge in [-0.1, -0.05) is 30.3 Å². The zero-order chi connectivity index (χ0) is 27.0. The highest BCUT2D eigenvalue weighted by molar-refractivity contribution is 5.50. The summed E-state index contributed by atoms with van der Waals surface area (Å²) < 4.78 is 16.9. The molecule has 0 unspecified atom stereocenters. The quantitative estimate of drug-likeness (QED) is 0.129. The minimum absolute atomic E-state index is 0.0661. The second-order valence-corrected chi connectivity index (χ2v) is 8.03. The van der Waals surface area contributed by atoms with Crippen molar-refractivity contribution in [3.63, 3.8) is 0 Å². The summed E-state index contributed by atoms with van der Waals surface area (Å²) in [5.74, 6) is -2.53. The number of para-hydroxylation sites is 1. The van der Waals surface area contributed by atoms with Gasteiger partial charge in [0, 0.05) is 26.2 Å². The predicted molar refractivity (Wildman–Crippen MR) is 133 cm³/mol. The summed E-state index contributed by atoms with van der Waals surface area (Å²) >= 11 is 0. The molecule has 3 aromatic rings. The number of methoxy groups -OCH3 is 1. The van der Waals surface area contributed by atoms with Gasteiger partial charge in [-0.25, -0.2) is 4.84 Å². The summed E-state index contributed by atoms with van der Waals surface area (Å²) in [6, 6.07) is 17.2. The minimum Gasteiger partial charge on any atom is -0.421 e. The average Bonchev–Trinajstić information content (AvgIpc) is 2.83. The predicted octanol–water partition coefficient (Wildman–Crippen LogP) is 5.27. The molecule has 0 aromatic heterocycles. The Bertz CT molecular complexity index is 1170. The molecule has 0 radical (unpaired) electrons. The molecule has 37 heavy (non-hydrogen) atoms.